The lowest BCUT2D eigenvalue weighted by Gasteiger charge is -2.30. The topological polar surface area (TPSA) is 60.8 Å². The molecule has 0 saturated carbocycles. The molecule has 1 aromatic rings. The van der Waals surface area contributed by atoms with Gasteiger partial charge in [-0.05, 0) is 43.9 Å². The first kappa shape index (κ1) is 15.6. The smallest absolute Gasteiger partial charge is 0.101 e. The first-order chi connectivity index (χ1) is 9.38. The Morgan fingerprint density at radius 1 is 1.35 bits per heavy atom. The van der Waals surface area contributed by atoms with Gasteiger partial charge in [-0.3, -0.25) is 0 Å². The molecule has 112 valence electrons. The van der Waals surface area contributed by atoms with Crippen molar-refractivity contribution in [3.63, 3.8) is 0 Å². The van der Waals surface area contributed by atoms with E-state index in [0.717, 1.165) is 16.7 Å². The van der Waals surface area contributed by atoms with E-state index >= 15 is 0 Å². The Morgan fingerprint density at radius 2 is 2.05 bits per heavy atom. The van der Waals surface area contributed by atoms with Crippen LogP contribution in [0, 0.1) is 0 Å². The van der Waals surface area contributed by atoms with Crippen LogP contribution in [0.4, 0.5) is 0 Å². The molecule has 2 atom stereocenters. The molecule has 1 aromatic carbocycles. The van der Waals surface area contributed by atoms with Gasteiger partial charge in [-0.25, -0.2) is 8.51 Å². The Balaban J connectivity index is 2.36. The number of rotatable bonds is 4. The SMILES string of the molecule is CC(C)(C)S(=O)N1Cc2ccc(CO)cc2[C@H]1CCO. The second kappa shape index (κ2) is 5.93. The van der Waals surface area contributed by atoms with Crippen molar-refractivity contribution in [2.75, 3.05) is 6.61 Å². The Kier molecular flexibility index (Phi) is 4.64. The number of aliphatic hydroxyl groups excluding tert-OH is 2. The van der Waals surface area contributed by atoms with Crippen LogP contribution >= 0.6 is 0 Å². The summed E-state index contributed by atoms with van der Waals surface area (Å²) in [5.41, 5.74) is 3.08. The molecule has 1 aliphatic rings. The summed E-state index contributed by atoms with van der Waals surface area (Å²) in [5.74, 6) is 0. The highest BCUT2D eigenvalue weighted by molar-refractivity contribution is 7.84. The van der Waals surface area contributed by atoms with Crippen molar-refractivity contribution in [2.24, 2.45) is 0 Å². The monoisotopic (exact) mass is 297 g/mol. The molecule has 0 radical (unpaired) electrons. The Morgan fingerprint density at radius 3 is 2.60 bits per heavy atom. The summed E-state index contributed by atoms with van der Waals surface area (Å²) in [5, 5.41) is 18.6. The van der Waals surface area contributed by atoms with Gasteiger partial charge in [0.05, 0.1) is 17.4 Å². The number of fused-ring (bicyclic) bond motifs is 1. The maximum Gasteiger partial charge on any atom is 0.101 e. The highest BCUT2D eigenvalue weighted by Gasteiger charge is 2.37. The molecule has 1 heterocycles. The fraction of sp³-hybridized carbons (Fsp3) is 0.600. The van der Waals surface area contributed by atoms with E-state index in [2.05, 4.69) is 0 Å². The molecule has 0 spiro atoms. The van der Waals surface area contributed by atoms with Crippen LogP contribution in [0.5, 0.6) is 0 Å². The van der Waals surface area contributed by atoms with Crippen molar-refractivity contribution in [2.45, 2.75) is 51.1 Å². The molecule has 4 nitrogen and oxygen atoms in total. The van der Waals surface area contributed by atoms with Crippen molar-refractivity contribution in [3.05, 3.63) is 34.9 Å². The lowest BCUT2D eigenvalue weighted by atomic mass is 10.0. The van der Waals surface area contributed by atoms with Gasteiger partial charge in [-0.15, -0.1) is 0 Å². The van der Waals surface area contributed by atoms with E-state index in [-0.39, 0.29) is 24.0 Å². The Bertz CT molecular complexity index is 510. The zero-order chi connectivity index (χ0) is 14.9. The van der Waals surface area contributed by atoms with Crippen LogP contribution in [0.25, 0.3) is 0 Å². The van der Waals surface area contributed by atoms with Crippen molar-refractivity contribution in [1.29, 1.82) is 0 Å². The number of benzene rings is 1. The van der Waals surface area contributed by atoms with Crippen LogP contribution in [0.1, 0.15) is 49.9 Å². The molecule has 0 amide bonds. The van der Waals surface area contributed by atoms with Gasteiger partial charge in [-0.1, -0.05) is 18.2 Å². The molecule has 20 heavy (non-hydrogen) atoms. The molecule has 0 aliphatic carbocycles. The van der Waals surface area contributed by atoms with E-state index in [1.54, 1.807) is 0 Å². The standard InChI is InChI=1S/C15H23NO3S/c1-15(2,3)20(19)16-9-12-5-4-11(10-18)8-13(12)14(16)6-7-17/h4-5,8,14,17-18H,6-7,9-10H2,1-3H3/t14-,20?/m1/s1. The molecular weight excluding hydrogens is 274 g/mol. The third-order valence-electron chi connectivity index (χ3n) is 3.57. The van der Waals surface area contributed by atoms with E-state index in [9.17, 15) is 14.4 Å². The zero-order valence-corrected chi connectivity index (χ0v) is 13.1. The fourth-order valence-corrected chi connectivity index (χ4v) is 3.99. The van der Waals surface area contributed by atoms with Crippen LogP contribution in [0.15, 0.2) is 18.2 Å². The fourth-order valence-electron chi connectivity index (χ4n) is 2.58. The highest BCUT2D eigenvalue weighted by Crippen LogP contribution is 2.39. The first-order valence-corrected chi connectivity index (χ1v) is 8.01. The first-order valence-electron chi connectivity index (χ1n) is 6.90. The van der Waals surface area contributed by atoms with Gasteiger partial charge in [0, 0.05) is 13.2 Å². The molecule has 0 fully saturated rings. The van der Waals surface area contributed by atoms with Gasteiger partial charge >= 0.3 is 0 Å². The van der Waals surface area contributed by atoms with Crippen LogP contribution in [-0.4, -0.2) is 30.1 Å². The summed E-state index contributed by atoms with van der Waals surface area (Å²) in [6, 6.07) is 5.82. The lowest BCUT2D eigenvalue weighted by molar-refractivity contribution is 0.238. The van der Waals surface area contributed by atoms with E-state index in [4.69, 9.17) is 0 Å². The van der Waals surface area contributed by atoms with Gasteiger partial charge in [0.15, 0.2) is 0 Å². The maximum absolute atomic E-state index is 12.7. The van der Waals surface area contributed by atoms with Crippen LogP contribution in [0.3, 0.4) is 0 Å². The summed E-state index contributed by atoms with van der Waals surface area (Å²) in [6.45, 7) is 6.58. The second-order valence-electron chi connectivity index (χ2n) is 6.16. The van der Waals surface area contributed by atoms with E-state index in [1.807, 2.05) is 43.3 Å². The normalized spacial score (nSPS) is 20.9. The molecule has 2 rings (SSSR count). The Hall–Kier alpha value is -0.750. The van der Waals surface area contributed by atoms with Gasteiger partial charge in [0.25, 0.3) is 0 Å². The molecule has 2 N–H and O–H groups in total. The van der Waals surface area contributed by atoms with Crippen LogP contribution in [-0.2, 0) is 24.1 Å². The van der Waals surface area contributed by atoms with Gasteiger partial charge in [0.2, 0.25) is 0 Å². The number of aliphatic hydroxyl groups is 2. The van der Waals surface area contributed by atoms with Gasteiger partial charge in [0.1, 0.15) is 11.0 Å². The molecule has 1 unspecified atom stereocenters. The van der Waals surface area contributed by atoms with E-state index in [1.165, 1.54) is 0 Å². The van der Waals surface area contributed by atoms with Gasteiger partial charge in [-0.2, -0.15) is 0 Å². The zero-order valence-electron chi connectivity index (χ0n) is 12.3. The van der Waals surface area contributed by atoms with Crippen molar-refractivity contribution >= 4 is 11.0 Å². The Labute approximate surface area is 123 Å². The maximum atomic E-state index is 12.7. The quantitative estimate of drug-likeness (QED) is 0.892. The van der Waals surface area contributed by atoms with E-state index in [0.29, 0.717) is 13.0 Å². The largest absolute Gasteiger partial charge is 0.396 e. The average molecular weight is 297 g/mol. The summed E-state index contributed by atoms with van der Waals surface area (Å²) >= 11 is 0. The molecule has 0 bridgehead atoms. The van der Waals surface area contributed by atoms with Crippen molar-refractivity contribution in [1.82, 2.24) is 4.31 Å². The van der Waals surface area contributed by atoms with Crippen LogP contribution in [0.2, 0.25) is 0 Å². The minimum absolute atomic E-state index is 0.00147. The summed E-state index contributed by atoms with van der Waals surface area (Å²) < 4.78 is 14.3. The highest BCUT2D eigenvalue weighted by atomic mass is 32.2. The number of hydrogen-bond donors (Lipinski definition) is 2. The van der Waals surface area contributed by atoms with E-state index < -0.39 is 11.0 Å². The number of nitrogens with zero attached hydrogens (tertiary/aromatic N) is 1. The molecule has 0 saturated heterocycles. The second-order valence-corrected chi connectivity index (χ2v) is 8.35. The molecule has 5 heteroatoms. The summed E-state index contributed by atoms with van der Waals surface area (Å²) in [7, 11) is -1.12. The van der Waals surface area contributed by atoms with Crippen molar-refractivity contribution in [3.8, 4) is 0 Å². The molecule has 1 aliphatic heterocycles. The lowest BCUT2D eigenvalue weighted by Crippen LogP contribution is -2.36. The minimum Gasteiger partial charge on any atom is -0.396 e. The average Bonchev–Trinajstić information content (AvgIpc) is 2.75. The third kappa shape index (κ3) is 2.96. The predicted molar refractivity (Wildman–Crippen MR) is 80.2 cm³/mol. The van der Waals surface area contributed by atoms with Crippen molar-refractivity contribution < 1.29 is 14.4 Å². The third-order valence-corrected chi connectivity index (χ3v) is 5.42. The molecular formula is C15H23NO3S. The summed E-state index contributed by atoms with van der Waals surface area (Å²) in [4.78, 5) is 0. The summed E-state index contributed by atoms with van der Waals surface area (Å²) in [6.07, 6.45) is 0.559. The minimum atomic E-state index is -1.12. The number of hydrogen-bond acceptors (Lipinski definition) is 3. The van der Waals surface area contributed by atoms with Gasteiger partial charge < -0.3 is 10.2 Å². The molecule has 0 aromatic heterocycles. The van der Waals surface area contributed by atoms with Crippen LogP contribution < -0.4 is 0 Å². The predicted octanol–water partition coefficient (Wildman–Crippen LogP) is 1.88.